The maximum atomic E-state index is 11.1. The van der Waals surface area contributed by atoms with Crippen LogP contribution in [0, 0.1) is 11.8 Å². The molecule has 4 nitrogen and oxygen atoms in total. The van der Waals surface area contributed by atoms with Crippen molar-refractivity contribution in [3.05, 3.63) is 35.5 Å². The lowest BCUT2D eigenvalue weighted by atomic mass is 9.73. The predicted molar refractivity (Wildman–Crippen MR) is 103 cm³/mol. The minimum atomic E-state index is -0.0961. The molecule has 1 aromatic heterocycles. The molecule has 1 amide bonds. The highest BCUT2D eigenvalue weighted by atomic mass is 32.1. The molecule has 1 heterocycles. The number of amides is 1. The molecular formula is C20H26N2O2S. The summed E-state index contributed by atoms with van der Waals surface area (Å²) in [5.41, 5.74) is 2.91. The summed E-state index contributed by atoms with van der Waals surface area (Å²) in [7, 11) is 0. The van der Waals surface area contributed by atoms with Crippen molar-refractivity contribution in [2.75, 3.05) is 5.32 Å². The molecule has 0 saturated heterocycles. The molecular weight excluding hydrogens is 332 g/mol. The number of anilines is 1. The topological polar surface area (TPSA) is 51.2 Å². The van der Waals surface area contributed by atoms with Crippen LogP contribution in [0.15, 0.2) is 24.4 Å². The van der Waals surface area contributed by atoms with E-state index in [1.165, 1.54) is 67.9 Å². The van der Waals surface area contributed by atoms with Crippen LogP contribution in [0.1, 0.15) is 51.6 Å². The lowest BCUT2D eigenvalue weighted by Gasteiger charge is -2.33. The quantitative estimate of drug-likeness (QED) is 0.741. The normalized spacial score (nSPS) is 20.3. The average Bonchev–Trinajstić information content (AvgIpc) is 2.84. The van der Waals surface area contributed by atoms with Crippen molar-refractivity contribution in [2.45, 2.75) is 51.9 Å². The van der Waals surface area contributed by atoms with E-state index < -0.39 is 0 Å². The molecule has 2 aliphatic rings. The van der Waals surface area contributed by atoms with E-state index >= 15 is 0 Å². The van der Waals surface area contributed by atoms with Crippen molar-refractivity contribution in [1.82, 2.24) is 4.98 Å². The summed E-state index contributed by atoms with van der Waals surface area (Å²) in [6, 6.07) is 6.44. The molecule has 1 fully saturated rings. The van der Waals surface area contributed by atoms with E-state index in [4.69, 9.17) is 4.74 Å². The van der Waals surface area contributed by atoms with Gasteiger partial charge in [-0.2, -0.15) is 0 Å². The first-order valence-corrected chi connectivity index (χ1v) is 10.0. The highest BCUT2D eigenvalue weighted by Gasteiger charge is 2.28. The zero-order chi connectivity index (χ0) is 17.2. The standard InChI is InChI=1S/C20H24N2O2S.H2/c1-13(23)22-19-12-21-20(25-19)24-18-10-9-16-6-5-15(14-3-2-4-14)7-8-17(16)11-18;/h9-12,14-15H,2-8H2,1H3,(H,22,23);1H. The van der Waals surface area contributed by atoms with Gasteiger partial charge in [-0.05, 0) is 60.8 Å². The van der Waals surface area contributed by atoms with Crippen molar-refractivity contribution in [3.8, 4) is 10.9 Å². The summed E-state index contributed by atoms with van der Waals surface area (Å²) < 4.78 is 5.91. The number of benzene rings is 1. The van der Waals surface area contributed by atoms with E-state index in [9.17, 15) is 4.79 Å². The van der Waals surface area contributed by atoms with E-state index in [2.05, 4.69) is 22.4 Å². The SMILES string of the molecule is CC(=O)Nc1cnc(Oc2ccc3c(c2)CCC(C2CCC2)CC3)s1.[HH]. The number of carbonyl (C=O) groups is 1. The van der Waals surface area contributed by atoms with E-state index in [0.717, 1.165) is 24.0 Å². The largest absolute Gasteiger partial charge is 0.431 e. The summed E-state index contributed by atoms with van der Waals surface area (Å²) in [6.45, 7) is 1.49. The van der Waals surface area contributed by atoms with Gasteiger partial charge in [0.1, 0.15) is 10.8 Å². The first-order chi connectivity index (χ1) is 12.2. The number of ether oxygens (including phenoxy) is 1. The Balaban J connectivity index is 0.00000196. The van der Waals surface area contributed by atoms with Gasteiger partial charge in [-0.25, -0.2) is 4.98 Å². The van der Waals surface area contributed by atoms with Crippen molar-refractivity contribution >= 4 is 22.2 Å². The highest BCUT2D eigenvalue weighted by molar-refractivity contribution is 7.17. The maximum absolute atomic E-state index is 11.1. The summed E-state index contributed by atoms with van der Waals surface area (Å²) >= 11 is 1.35. The molecule has 1 saturated carbocycles. The van der Waals surface area contributed by atoms with Crippen LogP contribution in [0.5, 0.6) is 10.9 Å². The smallest absolute Gasteiger partial charge is 0.280 e. The van der Waals surface area contributed by atoms with E-state index in [0.29, 0.717) is 10.2 Å². The van der Waals surface area contributed by atoms with Crippen LogP contribution in [0.4, 0.5) is 5.00 Å². The van der Waals surface area contributed by atoms with Gasteiger partial charge in [-0.3, -0.25) is 4.79 Å². The van der Waals surface area contributed by atoms with Gasteiger partial charge >= 0.3 is 0 Å². The molecule has 134 valence electrons. The first-order valence-electron chi connectivity index (χ1n) is 9.20. The molecule has 1 unspecified atom stereocenters. The number of aromatic nitrogens is 1. The molecule has 25 heavy (non-hydrogen) atoms. The predicted octanol–water partition coefficient (Wildman–Crippen LogP) is 5.43. The minimum absolute atomic E-state index is 0. The van der Waals surface area contributed by atoms with Crippen LogP contribution in [0.25, 0.3) is 0 Å². The Hall–Kier alpha value is -1.88. The maximum Gasteiger partial charge on any atom is 0.280 e. The molecule has 1 atom stereocenters. The van der Waals surface area contributed by atoms with Crippen molar-refractivity contribution in [2.24, 2.45) is 11.8 Å². The lowest BCUT2D eigenvalue weighted by Crippen LogP contribution is -2.22. The Kier molecular flexibility index (Phi) is 4.75. The Morgan fingerprint density at radius 1 is 1.20 bits per heavy atom. The Morgan fingerprint density at radius 3 is 2.68 bits per heavy atom. The van der Waals surface area contributed by atoms with Crippen LogP contribution in [-0.4, -0.2) is 10.9 Å². The van der Waals surface area contributed by atoms with Gasteiger partial charge < -0.3 is 10.1 Å². The zero-order valence-corrected chi connectivity index (χ0v) is 15.4. The molecule has 2 aromatic rings. The minimum Gasteiger partial charge on any atom is -0.431 e. The Morgan fingerprint density at radius 2 is 1.96 bits per heavy atom. The molecule has 4 rings (SSSR count). The third-order valence-electron chi connectivity index (χ3n) is 5.55. The highest BCUT2D eigenvalue weighted by Crippen LogP contribution is 2.40. The fourth-order valence-corrected chi connectivity index (χ4v) is 4.72. The molecule has 1 N–H and O–H groups in total. The van der Waals surface area contributed by atoms with Gasteiger partial charge in [0.05, 0.1) is 6.20 Å². The monoisotopic (exact) mass is 358 g/mol. The number of aryl methyl sites for hydroxylation is 2. The van der Waals surface area contributed by atoms with Gasteiger partial charge in [0, 0.05) is 8.35 Å². The van der Waals surface area contributed by atoms with Crippen LogP contribution in [0.2, 0.25) is 0 Å². The number of rotatable bonds is 4. The summed E-state index contributed by atoms with van der Waals surface area (Å²) in [4.78, 5) is 15.3. The second kappa shape index (κ2) is 7.16. The number of hydrogen-bond acceptors (Lipinski definition) is 4. The number of hydrogen-bond donors (Lipinski definition) is 1. The number of nitrogens with one attached hydrogen (secondary N) is 1. The molecule has 1 aromatic carbocycles. The van der Waals surface area contributed by atoms with Crippen LogP contribution >= 0.6 is 11.3 Å². The number of thiazole rings is 1. The van der Waals surface area contributed by atoms with Crippen molar-refractivity contribution in [3.63, 3.8) is 0 Å². The summed E-state index contributed by atoms with van der Waals surface area (Å²) in [6.07, 6.45) is 10.9. The van der Waals surface area contributed by atoms with Gasteiger partial charge in [0.2, 0.25) is 5.91 Å². The fraction of sp³-hybridized carbons (Fsp3) is 0.500. The number of carbonyl (C=O) groups excluding carboxylic acids is 1. The van der Waals surface area contributed by atoms with Crippen LogP contribution in [0.3, 0.4) is 0 Å². The lowest BCUT2D eigenvalue weighted by molar-refractivity contribution is -0.114. The zero-order valence-electron chi connectivity index (χ0n) is 14.6. The van der Waals surface area contributed by atoms with E-state index in [-0.39, 0.29) is 7.33 Å². The van der Waals surface area contributed by atoms with Gasteiger partial charge in [0.25, 0.3) is 5.19 Å². The van der Waals surface area contributed by atoms with Crippen LogP contribution in [-0.2, 0) is 17.6 Å². The van der Waals surface area contributed by atoms with Gasteiger partial charge in [-0.1, -0.05) is 36.7 Å². The Labute approximate surface area is 154 Å². The summed E-state index contributed by atoms with van der Waals surface area (Å²) in [5.74, 6) is 2.63. The third-order valence-corrected chi connectivity index (χ3v) is 6.34. The van der Waals surface area contributed by atoms with E-state index in [1.807, 2.05) is 6.07 Å². The molecule has 0 spiro atoms. The Bertz CT molecular complexity index is 773. The molecule has 0 aliphatic heterocycles. The summed E-state index contributed by atoms with van der Waals surface area (Å²) in [5, 5.41) is 4.00. The van der Waals surface area contributed by atoms with E-state index in [1.54, 1.807) is 6.20 Å². The van der Waals surface area contributed by atoms with Gasteiger partial charge in [-0.15, -0.1) is 0 Å². The van der Waals surface area contributed by atoms with Crippen molar-refractivity contribution < 1.29 is 11.0 Å². The molecule has 0 radical (unpaired) electrons. The molecule has 0 bridgehead atoms. The van der Waals surface area contributed by atoms with Gasteiger partial charge in [0.15, 0.2) is 0 Å². The first kappa shape index (κ1) is 16.6. The van der Waals surface area contributed by atoms with Crippen LogP contribution < -0.4 is 10.1 Å². The number of fused-ring (bicyclic) bond motifs is 1. The molecule has 2 aliphatic carbocycles. The fourth-order valence-electron chi connectivity index (χ4n) is 3.99. The number of nitrogens with zero attached hydrogens (tertiary/aromatic N) is 1. The third kappa shape index (κ3) is 3.87. The second-order valence-corrected chi connectivity index (χ2v) is 8.23. The second-order valence-electron chi connectivity index (χ2n) is 7.23. The molecule has 5 heteroatoms. The average molecular weight is 359 g/mol. The van der Waals surface area contributed by atoms with Crippen molar-refractivity contribution in [1.29, 1.82) is 0 Å².